The van der Waals surface area contributed by atoms with Crippen LogP contribution in [0.15, 0.2) is 30.3 Å². The van der Waals surface area contributed by atoms with Crippen molar-refractivity contribution in [2.45, 2.75) is 154 Å². The summed E-state index contributed by atoms with van der Waals surface area (Å²) < 4.78 is 10.9. The first kappa shape index (κ1) is 45.1. The van der Waals surface area contributed by atoms with Crippen molar-refractivity contribution >= 4 is 17.7 Å². The molecule has 0 spiro atoms. The molecule has 3 aliphatic rings. The molecule has 55 heavy (non-hydrogen) atoms. The summed E-state index contributed by atoms with van der Waals surface area (Å²) in [6.07, 6.45) is 13.8. The van der Waals surface area contributed by atoms with Crippen LogP contribution in [0.3, 0.4) is 0 Å². The zero-order valence-electron chi connectivity index (χ0n) is 34.7. The molecule has 2 heterocycles. The van der Waals surface area contributed by atoms with Crippen LogP contribution >= 0.6 is 0 Å². The molecule has 4 rings (SSSR count). The van der Waals surface area contributed by atoms with Gasteiger partial charge in [-0.25, -0.2) is 0 Å². The van der Waals surface area contributed by atoms with Crippen molar-refractivity contribution < 1.29 is 29.0 Å². The molecule has 3 amide bonds. The fourth-order valence-electron chi connectivity index (χ4n) is 8.77. The number of unbranched alkanes of at least 4 members (excludes halogenated alkanes) is 1. The molecule has 11 nitrogen and oxygen atoms in total. The van der Waals surface area contributed by atoms with Gasteiger partial charge in [0.1, 0.15) is 6.79 Å². The van der Waals surface area contributed by atoms with E-state index in [1.165, 1.54) is 25.7 Å². The van der Waals surface area contributed by atoms with E-state index >= 15 is 0 Å². The van der Waals surface area contributed by atoms with Crippen LogP contribution in [-0.4, -0.2) is 116 Å². The number of ether oxygens (including phenoxy) is 2. The molecule has 2 saturated heterocycles. The Morgan fingerprint density at radius 3 is 2.24 bits per heavy atom. The Morgan fingerprint density at radius 2 is 1.58 bits per heavy atom. The molecule has 3 fully saturated rings. The highest BCUT2D eigenvalue weighted by Crippen LogP contribution is 2.30. The normalized spacial score (nSPS) is 20.4. The first-order chi connectivity index (χ1) is 26.7. The van der Waals surface area contributed by atoms with Crippen molar-refractivity contribution in [3.8, 4) is 0 Å². The number of piperidine rings is 2. The maximum atomic E-state index is 14.5. The number of likely N-dealkylation sites (tertiary alicyclic amines) is 2. The Labute approximate surface area is 332 Å². The van der Waals surface area contributed by atoms with Gasteiger partial charge in [0.15, 0.2) is 0 Å². The number of nitrogens with zero attached hydrogens (tertiary/aromatic N) is 2. The molecule has 1 aromatic carbocycles. The Balaban J connectivity index is 1.47. The minimum atomic E-state index is -0.874. The summed E-state index contributed by atoms with van der Waals surface area (Å²) in [5.41, 5.74) is 1.03. The zero-order chi connectivity index (χ0) is 39.4. The number of hydrogen-bond acceptors (Lipinski definition) is 8. The molecule has 0 aromatic heterocycles. The molecule has 2 aliphatic heterocycles. The maximum Gasteiger partial charge on any atom is 0.240 e. The fraction of sp³-hybridized carbons (Fsp3) is 0.795. The number of nitrogens with one attached hydrogen (secondary N) is 3. The van der Waals surface area contributed by atoms with E-state index in [2.05, 4.69) is 27.8 Å². The lowest BCUT2D eigenvalue weighted by atomic mass is 9.81. The van der Waals surface area contributed by atoms with Crippen LogP contribution in [0.2, 0.25) is 0 Å². The maximum absolute atomic E-state index is 14.5. The number of amides is 3. The zero-order valence-corrected chi connectivity index (χ0v) is 34.7. The topological polar surface area (TPSA) is 132 Å². The summed E-state index contributed by atoms with van der Waals surface area (Å²) in [5.74, 6) is -0.127. The summed E-state index contributed by atoms with van der Waals surface area (Å²) in [5, 5.41) is 22.0. The number of carbonyl (C=O) groups excluding carboxylic acids is 3. The number of rotatable bonds is 23. The van der Waals surface area contributed by atoms with Crippen LogP contribution in [-0.2, 0) is 30.3 Å². The standard InChI is InChI=1S/C44H75N5O6/c1-5-6-20-38(46-40(30-35-18-12-8-13-19-35)44(53)49-26-21-36(22-27-49)55-32-54-4)43(52)47-39(29-34-16-10-7-11-17-34)41(50)31-37(33(2)3)42(51)45-23-28-48-24-14-9-15-25-48/h8,12-13,18-19,33-34,36-41,46,50H,5-7,9-11,14-17,20-32H2,1-4H3,(H,45,51)(H,47,52)/t37-,38-,39-,40?,41-/m0/s1. The van der Waals surface area contributed by atoms with Crippen LogP contribution in [0.25, 0.3) is 0 Å². The van der Waals surface area contributed by atoms with Gasteiger partial charge in [-0.1, -0.05) is 102 Å². The molecular weight excluding hydrogens is 695 g/mol. The van der Waals surface area contributed by atoms with Crippen molar-refractivity contribution in [2.24, 2.45) is 17.8 Å². The second-order valence-corrected chi connectivity index (χ2v) is 16.9. The van der Waals surface area contributed by atoms with Crippen LogP contribution < -0.4 is 16.0 Å². The Morgan fingerprint density at radius 1 is 0.891 bits per heavy atom. The summed E-state index contributed by atoms with van der Waals surface area (Å²) in [7, 11) is 1.61. The molecular formula is C44H75N5O6. The van der Waals surface area contributed by atoms with Gasteiger partial charge in [-0.05, 0) is 81.9 Å². The number of benzene rings is 1. The predicted molar refractivity (Wildman–Crippen MR) is 218 cm³/mol. The number of carbonyl (C=O) groups is 3. The first-order valence-corrected chi connectivity index (χ1v) is 21.9. The minimum absolute atomic E-state index is 0.00629. The molecule has 4 N–H and O–H groups in total. The Hall–Kier alpha value is -2.57. The lowest BCUT2D eigenvalue weighted by Gasteiger charge is -2.36. The van der Waals surface area contributed by atoms with E-state index in [1.807, 2.05) is 49.1 Å². The van der Waals surface area contributed by atoms with E-state index < -0.39 is 24.2 Å². The van der Waals surface area contributed by atoms with E-state index in [9.17, 15) is 19.5 Å². The van der Waals surface area contributed by atoms with Crippen LogP contribution in [0, 0.1) is 17.8 Å². The molecule has 5 atom stereocenters. The van der Waals surface area contributed by atoms with Crippen molar-refractivity contribution in [3.63, 3.8) is 0 Å². The minimum Gasteiger partial charge on any atom is -0.391 e. The summed E-state index contributed by atoms with van der Waals surface area (Å²) in [4.78, 5) is 46.6. The second kappa shape index (κ2) is 24.9. The molecule has 1 unspecified atom stereocenters. The average molecular weight is 770 g/mol. The summed E-state index contributed by atoms with van der Waals surface area (Å²) in [6, 6.07) is 8.29. The van der Waals surface area contributed by atoms with E-state index in [1.54, 1.807) is 7.11 Å². The monoisotopic (exact) mass is 770 g/mol. The van der Waals surface area contributed by atoms with Crippen LogP contribution in [0.4, 0.5) is 0 Å². The fourth-order valence-corrected chi connectivity index (χ4v) is 8.77. The van der Waals surface area contributed by atoms with Gasteiger partial charge in [-0.15, -0.1) is 0 Å². The Kier molecular flexibility index (Phi) is 20.5. The van der Waals surface area contributed by atoms with E-state index in [4.69, 9.17) is 9.47 Å². The van der Waals surface area contributed by atoms with Crippen molar-refractivity contribution in [1.82, 2.24) is 25.8 Å². The summed E-state index contributed by atoms with van der Waals surface area (Å²) >= 11 is 0. The Bertz CT molecular complexity index is 1230. The first-order valence-electron chi connectivity index (χ1n) is 21.9. The van der Waals surface area contributed by atoms with Gasteiger partial charge < -0.3 is 35.0 Å². The van der Waals surface area contributed by atoms with Gasteiger partial charge in [-0.2, -0.15) is 0 Å². The lowest BCUT2D eigenvalue weighted by molar-refractivity contribution is -0.139. The molecule has 1 aromatic rings. The highest BCUT2D eigenvalue weighted by atomic mass is 16.7. The molecule has 312 valence electrons. The van der Waals surface area contributed by atoms with Gasteiger partial charge >= 0.3 is 0 Å². The smallest absolute Gasteiger partial charge is 0.240 e. The van der Waals surface area contributed by atoms with Gasteiger partial charge in [0.05, 0.1) is 30.3 Å². The third kappa shape index (κ3) is 15.7. The van der Waals surface area contributed by atoms with Gasteiger partial charge in [0.25, 0.3) is 0 Å². The van der Waals surface area contributed by atoms with E-state index in [0.717, 1.165) is 76.6 Å². The third-order valence-corrected chi connectivity index (χ3v) is 12.2. The quantitative estimate of drug-likeness (QED) is 0.108. The van der Waals surface area contributed by atoms with Crippen molar-refractivity contribution in [1.29, 1.82) is 0 Å². The third-order valence-electron chi connectivity index (χ3n) is 12.2. The molecule has 1 saturated carbocycles. The number of hydrogen-bond donors (Lipinski definition) is 4. The van der Waals surface area contributed by atoms with Crippen molar-refractivity contribution in [3.05, 3.63) is 35.9 Å². The predicted octanol–water partition coefficient (Wildman–Crippen LogP) is 5.44. The lowest BCUT2D eigenvalue weighted by Crippen LogP contribution is -2.58. The molecule has 0 bridgehead atoms. The molecule has 1 aliphatic carbocycles. The van der Waals surface area contributed by atoms with Gasteiger partial charge in [0, 0.05) is 39.2 Å². The highest BCUT2D eigenvalue weighted by molar-refractivity contribution is 5.86. The largest absolute Gasteiger partial charge is 0.391 e. The van der Waals surface area contributed by atoms with E-state index in [0.29, 0.717) is 44.8 Å². The second-order valence-electron chi connectivity index (χ2n) is 16.9. The average Bonchev–Trinajstić information content (AvgIpc) is 3.20. The number of aliphatic hydroxyl groups excluding tert-OH is 1. The van der Waals surface area contributed by atoms with E-state index in [-0.39, 0.29) is 48.9 Å². The van der Waals surface area contributed by atoms with Gasteiger partial charge in [0.2, 0.25) is 17.7 Å². The van der Waals surface area contributed by atoms with Crippen LogP contribution in [0.1, 0.15) is 123 Å². The molecule has 11 heteroatoms. The summed E-state index contributed by atoms with van der Waals surface area (Å²) in [6.45, 7) is 11.2. The van der Waals surface area contributed by atoms with Gasteiger partial charge in [-0.3, -0.25) is 19.7 Å². The van der Waals surface area contributed by atoms with Crippen LogP contribution in [0.5, 0.6) is 0 Å². The number of methoxy groups -OCH3 is 1. The highest BCUT2D eigenvalue weighted by Gasteiger charge is 2.36. The number of aliphatic hydroxyl groups is 1. The molecule has 0 radical (unpaired) electrons. The SMILES string of the molecule is CCCC[C@H](NC(Cc1ccccc1)C(=O)N1CCC(OCOC)CC1)C(=O)N[C@@H](CC1CCCCC1)[C@@H](O)C[C@H](C(=O)NCCN1CCCCC1)C(C)C. The van der Waals surface area contributed by atoms with Crippen molar-refractivity contribution in [2.75, 3.05) is 53.2 Å².